The fourth-order valence-corrected chi connectivity index (χ4v) is 4.34. The van der Waals surface area contributed by atoms with E-state index in [1.165, 1.54) is 47.9 Å². The van der Waals surface area contributed by atoms with Crippen LogP contribution in [0, 0.1) is 0 Å². The number of amides is 1. The average molecular weight is 377 g/mol. The van der Waals surface area contributed by atoms with E-state index in [0.29, 0.717) is 5.75 Å². The Morgan fingerprint density at radius 2 is 2.32 bits per heavy atom. The Kier molecular flexibility index (Phi) is 7.11. The number of thiophene rings is 1. The number of hydrogen-bond donors (Lipinski definition) is 1. The number of aromatic nitrogens is 3. The van der Waals surface area contributed by atoms with Crippen LogP contribution in [-0.2, 0) is 17.8 Å². The highest BCUT2D eigenvalue weighted by Gasteiger charge is 2.10. The molecule has 0 aliphatic heterocycles. The van der Waals surface area contributed by atoms with Crippen LogP contribution in [0.15, 0.2) is 40.6 Å². The predicted molar refractivity (Wildman–Crippen MR) is 103 cm³/mol. The molecule has 1 aliphatic carbocycles. The van der Waals surface area contributed by atoms with Crippen molar-refractivity contribution in [2.75, 3.05) is 12.3 Å². The van der Waals surface area contributed by atoms with Crippen LogP contribution in [0.4, 0.5) is 0 Å². The zero-order chi connectivity index (χ0) is 17.3. The second kappa shape index (κ2) is 9.77. The van der Waals surface area contributed by atoms with Gasteiger partial charge in [0.15, 0.2) is 5.16 Å². The molecule has 2 heterocycles. The molecule has 0 atom stereocenters. The molecule has 1 aliphatic rings. The van der Waals surface area contributed by atoms with E-state index in [1.807, 2.05) is 4.57 Å². The summed E-state index contributed by atoms with van der Waals surface area (Å²) in [6, 6.07) is 4.20. The van der Waals surface area contributed by atoms with E-state index in [1.54, 1.807) is 17.7 Å². The molecule has 0 radical (unpaired) electrons. The van der Waals surface area contributed by atoms with E-state index in [9.17, 15) is 4.79 Å². The van der Waals surface area contributed by atoms with Crippen LogP contribution in [0.1, 0.15) is 37.0 Å². The van der Waals surface area contributed by atoms with Crippen molar-refractivity contribution >= 4 is 29.0 Å². The molecule has 0 bridgehead atoms. The van der Waals surface area contributed by atoms with Gasteiger partial charge in [-0.1, -0.05) is 29.5 Å². The first kappa shape index (κ1) is 18.2. The lowest BCUT2D eigenvalue weighted by molar-refractivity contribution is -0.118. The number of carbonyl (C=O) groups excluding carboxylic acids is 1. The number of carbonyl (C=O) groups is 1. The van der Waals surface area contributed by atoms with Crippen molar-refractivity contribution < 1.29 is 4.79 Å². The number of nitrogens with one attached hydrogen (secondary N) is 1. The summed E-state index contributed by atoms with van der Waals surface area (Å²) in [6.07, 6.45) is 11.0. The second-order valence-corrected chi connectivity index (χ2v) is 8.11. The largest absolute Gasteiger partial charge is 0.355 e. The van der Waals surface area contributed by atoms with Crippen LogP contribution in [0.3, 0.4) is 0 Å². The van der Waals surface area contributed by atoms with Crippen LogP contribution in [0.5, 0.6) is 0 Å². The third-order valence-electron chi connectivity index (χ3n) is 4.24. The van der Waals surface area contributed by atoms with Gasteiger partial charge in [-0.15, -0.1) is 21.5 Å². The van der Waals surface area contributed by atoms with Crippen molar-refractivity contribution in [3.8, 4) is 0 Å². The van der Waals surface area contributed by atoms with Gasteiger partial charge in [-0.25, -0.2) is 0 Å². The molecule has 1 N–H and O–H groups in total. The minimum absolute atomic E-state index is 0.0641. The van der Waals surface area contributed by atoms with Gasteiger partial charge in [-0.2, -0.15) is 0 Å². The van der Waals surface area contributed by atoms with Crippen LogP contribution in [0.2, 0.25) is 0 Å². The number of rotatable bonds is 9. The molecule has 134 valence electrons. The van der Waals surface area contributed by atoms with E-state index < -0.39 is 0 Å². The molecule has 2 aromatic rings. The van der Waals surface area contributed by atoms with Crippen molar-refractivity contribution in [2.45, 2.75) is 50.2 Å². The minimum atomic E-state index is 0.0641. The summed E-state index contributed by atoms with van der Waals surface area (Å²) in [7, 11) is 0. The second-order valence-electron chi connectivity index (χ2n) is 6.13. The van der Waals surface area contributed by atoms with E-state index in [2.05, 4.69) is 39.1 Å². The number of allylic oxidation sites excluding steroid dienone is 1. The SMILES string of the molecule is O=C(CSc1nncn1CCc1cccs1)NCCC1=CCCCC1. The molecule has 0 spiro atoms. The molecule has 1 amide bonds. The normalized spacial score (nSPS) is 14.3. The van der Waals surface area contributed by atoms with Crippen LogP contribution in [-0.4, -0.2) is 33.0 Å². The summed E-state index contributed by atoms with van der Waals surface area (Å²) in [6.45, 7) is 1.57. The molecular weight excluding hydrogens is 352 g/mol. The highest BCUT2D eigenvalue weighted by molar-refractivity contribution is 7.99. The Morgan fingerprint density at radius 3 is 3.12 bits per heavy atom. The maximum atomic E-state index is 12.0. The van der Waals surface area contributed by atoms with Crippen LogP contribution in [0.25, 0.3) is 0 Å². The third kappa shape index (κ3) is 6.01. The Hall–Kier alpha value is -1.60. The molecular formula is C18H24N4OS2. The lowest BCUT2D eigenvalue weighted by Gasteiger charge is -2.12. The van der Waals surface area contributed by atoms with Crippen molar-refractivity contribution in [1.82, 2.24) is 20.1 Å². The minimum Gasteiger partial charge on any atom is -0.355 e. The first-order valence-corrected chi connectivity index (χ1v) is 10.7. The Labute approximate surface area is 156 Å². The molecule has 25 heavy (non-hydrogen) atoms. The molecule has 0 fully saturated rings. The van der Waals surface area contributed by atoms with Gasteiger partial charge in [0, 0.05) is 18.0 Å². The van der Waals surface area contributed by atoms with Gasteiger partial charge in [0.1, 0.15) is 6.33 Å². The van der Waals surface area contributed by atoms with Gasteiger partial charge in [0.2, 0.25) is 5.91 Å². The van der Waals surface area contributed by atoms with Crippen molar-refractivity contribution in [2.24, 2.45) is 0 Å². The molecule has 2 aromatic heterocycles. The first-order valence-electron chi connectivity index (χ1n) is 8.79. The summed E-state index contributed by atoms with van der Waals surface area (Å²) < 4.78 is 2.02. The Balaban J connectivity index is 1.37. The smallest absolute Gasteiger partial charge is 0.230 e. The Morgan fingerprint density at radius 1 is 1.36 bits per heavy atom. The fourth-order valence-electron chi connectivity index (χ4n) is 2.87. The van der Waals surface area contributed by atoms with Gasteiger partial charge in [0.25, 0.3) is 0 Å². The zero-order valence-corrected chi connectivity index (χ0v) is 16.0. The van der Waals surface area contributed by atoms with Gasteiger partial charge in [-0.05, 0) is 50.0 Å². The molecule has 0 aromatic carbocycles. The van der Waals surface area contributed by atoms with E-state index in [0.717, 1.165) is 31.1 Å². The molecule has 0 saturated carbocycles. The van der Waals surface area contributed by atoms with Gasteiger partial charge in [0.05, 0.1) is 5.75 Å². The summed E-state index contributed by atoms with van der Waals surface area (Å²) in [5.74, 6) is 0.450. The topological polar surface area (TPSA) is 59.8 Å². The van der Waals surface area contributed by atoms with Crippen molar-refractivity contribution in [1.29, 1.82) is 0 Å². The standard InChI is InChI=1S/C18H24N4OS2/c23-17(19-10-8-15-5-2-1-3-6-15)13-25-18-21-20-14-22(18)11-9-16-7-4-12-24-16/h4-5,7,12,14H,1-3,6,8-11,13H2,(H,19,23). The fraction of sp³-hybridized carbons (Fsp3) is 0.500. The molecule has 3 rings (SSSR count). The lowest BCUT2D eigenvalue weighted by atomic mass is 9.97. The average Bonchev–Trinajstić information content (AvgIpc) is 3.30. The van der Waals surface area contributed by atoms with Gasteiger partial charge < -0.3 is 9.88 Å². The lowest BCUT2D eigenvalue weighted by Crippen LogP contribution is -2.26. The maximum absolute atomic E-state index is 12.0. The van der Waals surface area contributed by atoms with Crippen molar-refractivity contribution in [3.05, 3.63) is 40.4 Å². The maximum Gasteiger partial charge on any atom is 0.230 e. The highest BCUT2D eigenvalue weighted by Crippen LogP contribution is 2.19. The molecule has 7 heteroatoms. The number of thioether (sulfide) groups is 1. The number of hydrogen-bond acceptors (Lipinski definition) is 5. The van der Waals surface area contributed by atoms with Crippen LogP contribution < -0.4 is 5.32 Å². The summed E-state index contributed by atoms with van der Waals surface area (Å²) >= 11 is 3.21. The van der Waals surface area contributed by atoms with E-state index >= 15 is 0 Å². The Bertz CT molecular complexity index is 694. The number of aryl methyl sites for hydroxylation is 2. The quantitative estimate of drug-likeness (QED) is 0.536. The third-order valence-corrected chi connectivity index (χ3v) is 6.16. The van der Waals surface area contributed by atoms with Gasteiger partial charge >= 0.3 is 0 Å². The van der Waals surface area contributed by atoms with Crippen LogP contribution >= 0.6 is 23.1 Å². The van der Waals surface area contributed by atoms with E-state index in [4.69, 9.17) is 0 Å². The molecule has 5 nitrogen and oxygen atoms in total. The summed E-state index contributed by atoms with van der Waals surface area (Å²) in [5, 5.41) is 14.0. The van der Waals surface area contributed by atoms with Crippen molar-refractivity contribution in [3.63, 3.8) is 0 Å². The summed E-state index contributed by atoms with van der Waals surface area (Å²) in [4.78, 5) is 13.4. The zero-order valence-electron chi connectivity index (χ0n) is 14.3. The number of nitrogens with zero attached hydrogens (tertiary/aromatic N) is 3. The van der Waals surface area contributed by atoms with Gasteiger partial charge in [-0.3, -0.25) is 4.79 Å². The monoisotopic (exact) mass is 376 g/mol. The predicted octanol–water partition coefficient (Wildman–Crippen LogP) is 3.68. The first-order chi connectivity index (χ1) is 12.3. The summed E-state index contributed by atoms with van der Waals surface area (Å²) in [5.41, 5.74) is 1.49. The molecule has 0 saturated heterocycles. The molecule has 0 unspecified atom stereocenters. The highest BCUT2D eigenvalue weighted by atomic mass is 32.2. The van der Waals surface area contributed by atoms with E-state index in [-0.39, 0.29) is 5.91 Å².